The summed E-state index contributed by atoms with van der Waals surface area (Å²) in [7, 11) is 0. The van der Waals surface area contributed by atoms with E-state index in [2.05, 4.69) is 4.74 Å². The summed E-state index contributed by atoms with van der Waals surface area (Å²) in [6.45, 7) is -0.243. The minimum atomic E-state index is -6.26. The van der Waals surface area contributed by atoms with Crippen LogP contribution in [0.3, 0.4) is 0 Å². The van der Waals surface area contributed by atoms with E-state index < -0.39 is 55.4 Å². The van der Waals surface area contributed by atoms with Gasteiger partial charge < -0.3 is 9.84 Å². The summed E-state index contributed by atoms with van der Waals surface area (Å²) in [5.41, 5.74) is -5.53. The topological polar surface area (TPSA) is 46.5 Å². The van der Waals surface area contributed by atoms with Crippen molar-refractivity contribution in [3.8, 4) is 0 Å². The Balaban J connectivity index is 5.25. The lowest BCUT2D eigenvalue weighted by Crippen LogP contribution is -2.61. The molecule has 130 valence electrons. The Bertz CT molecular complexity index is 426. The summed E-state index contributed by atoms with van der Waals surface area (Å²) in [6, 6.07) is 0. The van der Waals surface area contributed by atoms with Crippen LogP contribution in [0.5, 0.6) is 0 Å². The van der Waals surface area contributed by atoms with E-state index in [0.717, 1.165) is 6.92 Å². The standard InChI is InChI=1S/C11H12F8O3/c1-6(20)5-22-7(21)3-4-9(13,14)10(15,16)8(2,12)11(17,18)19/h3-4,6,20H,5H2,1-2H3. The molecule has 0 aromatic heterocycles. The molecule has 0 rings (SSSR count). The highest BCUT2D eigenvalue weighted by atomic mass is 19.4. The number of esters is 1. The lowest BCUT2D eigenvalue weighted by Gasteiger charge is -2.35. The van der Waals surface area contributed by atoms with Gasteiger partial charge in [0.15, 0.2) is 0 Å². The van der Waals surface area contributed by atoms with Crippen LogP contribution in [0.25, 0.3) is 0 Å². The highest BCUT2D eigenvalue weighted by Crippen LogP contribution is 2.52. The van der Waals surface area contributed by atoms with E-state index in [4.69, 9.17) is 5.11 Å². The van der Waals surface area contributed by atoms with Crippen molar-refractivity contribution in [2.45, 2.75) is 43.6 Å². The fraction of sp³-hybridized carbons (Fsp3) is 0.727. The number of allylic oxidation sites excluding steroid dienone is 1. The second-order valence-electron chi connectivity index (χ2n) is 4.51. The van der Waals surface area contributed by atoms with Gasteiger partial charge >= 0.3 is 24.0 Å². The van der Waals surface area contributed by atoms with E-state index in [0.29, 0.717) is 0 Å². The SMILES string of the molecule is CC(O)COC(=O)C=CC(F)(F)C(F)(F)C(C)(F)C(F)(F)F. The molecule has 11 heteroatoms. The number of aliphatic hydroxyl groups excluding tert-OH is 1. The van der Waals surface area contributed by atoms with E-state index in [1.165, 1.54) is 0 Å². The van der Waals surface area contributed by atoms with Crippen molar-refractivity contribution < 1.29 is 49.8 Å². The fourth-order valence-electron chi connectivity index (χ4n) is 1.02. The maximum Gasteiger partial charge on any atom is 0.428 e. The molecule has 22 heavy (non-hydrogen) atoms. The van der Waals surface area contributed by atoms with Crippen molar-refractivity contribution in [2.24, 2.45) is 0 Å². The van der Waals surface area contributed by atoms with E-state index in [-0.39, 0.29) is 6.08 Å². The third kappa shape index (κ3) is 4.31. The second kappa shape index (κ2) is 6.39. The summed E-state index contributed by atoms with van der Waals surface area (Å²) in [6.07, 6.45) is -8.61. The molecule has 0 fully saturated rings. The van der Waals surface area contributed by atoms with Crippen LogP contribution >= 0.6 is 0 Å². The average Bonchev–Trinajstić information content (AvgIpc) is 2.32. The molecule has 0 aliphatic rings. The van der Waals surface area contributed by atoms with Gasteiger partial charge in [0.1, 0.15) is 6.61 Å². The van der Waals surface area contributed by atoms with Gasteiger partial charge in [-0.2, -0.15) is 30.7 Å². The van der Waals surface area contributed by atoms with Crippen molar-refractivity contribution >= 4 is 5.97 Å². The molecule has 2 unspecified atom stereocenters. The molecule has 0 bridgehead atoms. The first-order valence-electron chi connectivity index (χ1n) is 5.61. The molecule has 0 aromatic rings. The van der Waals surface area contributed by atoms with Gasteiger partial charge in [-0.1, -0.05) is 0 Å². The van der Waals surface area contributed by atoms with Crippen LogP contribution in [0.1, 0.15) is 13.8 Å². The Labute approximate surface area is 119 Å². The van der Waals surface area contributed by atoms with Gasteiger partial charge in [0.05, 0.1) is 6.10 Å². The Hall–Kier alpha value is -1.39. The van der Waals surface area contributed by atoms with Crippen LogP contribution < -0.4 is 0 Å². The van der Waals surface area contributed by atoms with E-state index in [9.17, 15) is 39.9 Å². The molecule has 0 aliphatic carbocycles. The highest BCUT2D eigenvalue weighted by Gasteiger charge is 2.76. The Morgan fingerprint density at radius 3 is 1.95 bits per heavy atom. The van der Waals surface area contributed by atoms with Crippen LogP contribution in [-0.2, 0) is 9.53 Å². The minimum Gasteiger partial charge on any atom is -0.460 e. The number of hydrogen-bond acceptors (Lipinski definition) is 3. The Morgan fingerprint density at radius 2 is 1.59 bits per heavy atom. The first kappa shape index (κ1) is 20.6. The van der Waals surface area contributed by atoms with Crippen LogP contribution in [0.15, 0.2) is 12.2 Å². The third-order valence-electron chi connectivity index (χ3n) is 2.44. The number of carbonyl (C=O) groups excluding carboxylic acids is 1. The summed E-state index contributed by atoms with van der Waals surface area (Å²) in [5.74, 6) is -13.4. The number of halogens is 8. The number of aliphatic hydroxyl groups is 1. The van der Waals surface area contributed by atoms with E-state index in [1.54, 1.807) is 0 Å². The first-order chi connectivity index (χ1) is 9.56. The van der Waals surface area contributed by atoms with E-state index in [1.807, 2.05) is 0 Å². The quantitative estimate of drug-likeness (QED) is 0.458. The monoisotopic (exact) mass is 344 g/mol. The van der Waals surface area contributed by atoms with Crippen LogP contribution in [0, 0.1) is 0 Å². The van der Waals surface area contributed by atoms with Crippen LogP contribution in [0.4, 0.5) is 35.1 Å². The normalized spacial score (nSPS) is 18.1. The van der Waals surface area contributed by atoms with Gasteiger partial charge in [0.25, 0.3) is 5.67 Å². The third-order valence-corrected chi connectivity index (χ3v) is 2.44. The molecule has 2 atom stereocenters. The Kier molecular flexibility index (Phi) is 5.98. The van der Waals surface area contributed by atoms with Crippen molar-refractivity contribution in [3.63, 3.8) is 0 Å². The predicted molar refractivity (Wildman–Crippen MR) is 57.2 cm³/mol. The van der Waals surface area contributed by atoms with Crippen LogP contribution in [0.2, 0.25) is 0 Å². The first-order valence-corrected chi connectivity index (χ1v) is 5.61. The van der Waals surface area contributed by atoms with Gasteiger partial charge in [-0.3, -0.25) is 0 Å². The number of ether oxygens (including phenoxy) is 1. The molecule has 0 saturated heterocycles. The van der Waals surface area contributed by atoms with Crippen molar-refractivity contribution in [2.75, 3.05) is 6.61 Å². The summed E-state index contributed by atoms with van der Waals surface area (Å²) < 4.78 is 106. The number of rotatable bonds is 6. The molecule has 1 N–H and O–H groups in total. The average molecular weight is 344 g/mol. The van der Waals surface area contributed by atoms with E-state index >= 15 is 0 Å². The number of hydrogen-bond donors (Lipinski definition) is 1. The van der Waals surface area contributed by atoms with Gasteiger partial charge in [-0.15, -0.1) is 0 Å². The van der Waals surface area contributed by atoms with Crippen LogP contribution in [-0.4, -0.2) is 47.5 Å². The largest absolute Gasteiger partial charge is 0.460 e. The molecule has 0 amide bonds. The Morgan fingerprint density at radius 1 is 1.14 bits per heavy atom. The lowest BCUT2D eigenvalue weighted by molar-refractivity contribution is -0.337. The predicted octanol–water partition coefficient (Wildman–Crippen LogP) is 3.03. The maximum atomic E-state index is 13.2. The number of carbonyl (C=O) groups is 1. The zero-order valence-electron chi connectivity index (χ0n) is 11.2. The van der Waals surface area contributed by atoms with Crippen molar-refractivity contribution in [1.29, 1.82) is 0 Å². The molecule has 0 saturated carbocycles. The van der Waals surface area contributed by atoms with Gasteiger partial charge in [-0.05, 0) is 19.9 Å². The van der Waals surface area contributed by atoms with Gasteiger partial charge in [-0.25, -0.2) is 9.18 Å². The van der Waals surface area contributed by atoms with Gasteiger partial charge in [0, 0.05) is 6.08 Å². The maximum absolute atomic E-state index is 13.2. The lowest BCUT2D eigenvalue weighted by atomic mass is 9.93. The van der Waals surface area contributed by atoms with Crippen molar-refractivity contribution in [3.05, 3.63) is 12.2 Å². The summed E-state index contributed by atoms with van der Waals surface area (Å²) in [5, 5.41) is 8.71. The minimum absolute atomic E-state index is 0.275. The summed E-state index contributed by atoms with van der Waals surface area (Å²) >= 11 is 0. The fourth-order valence-corrected chi connectivity index (χ4v) is 1.02. The van der Waals surface area contributed by atoms with Gasteiger partial charge in [0.2, 0.25) is 0 Å². The highest BCUT2D eigenvalue weighted by molar-refractivity contribution is 5.82. The molecular formula is C11H12F8O3. The zero-order valence-corrected chi connectivity index (χ0v) is 11.2. The number of alkyl halides is 8. The molecule has 0 aromatic carbocycles. The molecule has 0 radical (unpaired) electrons. The smallest absolute Gasteiger partial charge is 0.428 e. The molecule has 0 heterocycles. The zero-order chi connectivity index (χ0) is 18.0. The molecular weight excluding hydrogens is 332 g/mol. The second-order valence-corrected chi connectivity index (χ2v) is 4.51. The summed E-state index contributed by atoms with van der Waals surface area (Å²) in [4.78, 5) is 10.9. The van der Waals surface area contributed by atoms with Crippen molar-refractivity contribution in [1.82, 2.24) is 0 Å². The molecule has 0 aliphatic heterocycles. The molecule has 3 nitrogen and oxygen atoms in total. The molecule has 0 spiro atoms.